The van der Waals surface area contributed by atoms with Crippen molar-refractivity contribution in [2.24, 2.45) is 0 Å². The highest BCUT2D eigenvalue weighted by atomic mass is 16.6. The molecule has 0 aliphatic carbocycles. The number of Topliss-reactive ketones (excluding diaryl/α,β-unsaturated/α-hetero) is 1. The number of anilines is 1. The van der Waals surface area contributed by atoms with Crippen LogP contribution in [0.2, 0.25) is 0 Å². The molecule has 0 radical (unpaired) electrons. The first kappa shape index (κ1) is 20.5. The Hall–Kier alpha value is -3.28. The third-order valence-electron chi connectivity index (χ3n) is 4.13. The Kier molecular flexibility index (Phi) is 5.64. The van der Waals surface area contributed by atoms with Crippen molar-refractivity contribution in [1.29, 1.82) is 0 Å². The van der Waals surface area contributed by atoms with Gasteiger partial charge in [0.2, 0.25) is 5.78 Å². The highest BCUT2D eigenvalue weighted by Crippen LogP contribution is 2.35. The minimum absolute atomic E-state index is 0.185. The van der Waals surface area contributed by atoms with E-state index in [0.717, 1.165) is 11.3 Å². The third kappa shape index (κ3) is 5.16. The molecule has 2 aromatic rings. The summed E-state index contributed by atoms with van der Waals surface area (Å²) < 4.78 is 16.4. The van der Waals surface area contributed by atoms with Gasteiger partial charge in [0.15, 0.2) is 12.4 Å². The molecule has 29 heavy (non-hydrogen) atoms. The monoisotopic (exact) mass is 395 g/mol. The molecule has 2 aromatic carbocycles. The second-order valence-electron chi connectivity index (χ2n) is 7.96. The van der Waals surface area contributed by atoms with Gasteiger partial charge in [0.05, 0.1) is 5.56 Å². The molecule has 0 aromatic heterocycles. The second-order valence-corrected chi connectivity index (χ2v) is 7.96. The first-order chi connectivity index (χ1) is 13.6. The minimum atomic E-state index is -0.571. The summed E-state index contributed by atoms with van der Waals surface area (Å²) in [4.78, 5) is 26.4. The zero-order valence-corrected chi connectivity index (χ0v) is 17.3. The summed E-state index contributed by atoms with van der Waals surface area (Å²) in [6.45, 7) is 5.16. The highest BCUT2D eigenvalue weighted by Gasteiger charge is 2.28. The van der Waals surface area contributed by atoms with Crippen LogP contribution in [-0.2, 0) is 9.53 Å². The van der Waals surface area contributed by atoms with Gasteiger partial charge in [-0.1, -0.05) is 12.1 Å². The Bertz CT molecular complexity index is 952. The van der Waals surface area contributed by atoms with Gasteiger partial charge < -0.3 is 19.1 Å². The van der Waals surface area contributed by atoms with Gasteiger partial charge in [-0.15, -0.1) is 0 Å². The Balaban J connectivity index is 1.69. The van der Waals surface area contributed by atoms with Crippen LogP contribution in [0.25, 0.3) is 6.08 Å². The van der Waals surface area contributed by atoms with Crippen molar-refractivity contribution in [3.8, 4) is 11.5 Å². The number of ether oxygens (including phenoxy) is 3. The molecule has 3 rings (SSSR count). The van der Waals surface area contributed by atoms with Crippen LogP contribution in [0.5, 0.6) is 11.5 Å². The van der Waals surface area contributed by atoms with E-state index in [-0.39, 0.29) is 18.1 Å². The van der Waals surface area contributed by atoms with E-state index >= 15 is 0 Å². The second kappa shape index (κ2) is 7.99. The summed E-state index contributed by atoms with van der Waals surface area (Å²) in [5.74, 6) is 0.445. The number of hydrogen-bond acceptors (Lipinski definition) is 6. The number of benzene rings is 2. The first-order valence-electron chi connectivity index (χ1n) is 9.33. The van der Waals surface area contributed by atoms with E-state index in [2.05, 4.69) is 0 Å². The van der Waals surface area contributed by atoms with Crippen molar-refractivity contribution < 1.29 is 23.8 Å². The van der Waals surface area contributed by atoms with Gasteiger partial charge >= 0.3 is 5.97 Å². The van der Waals surface area contributed by atoms with Crippen molar-refractivity contribution in [3.05, 3.63) is 59.4 Å². The Morgan fingerprint density at radius 2 is 1.79 bits per heavy atom. The molecule has 0 N–H and O–H groups in total. The normalized spacial score (nSPS) is 14.4. The van der Waals surface area contributed by atoms with E-state index in [9.17, 15) is 9.59 Å². The predicted molar refractivity (Wildman–Crippen MR) is 111 cm³/mol. The van der Waals surface area contributed by atoms with Crippen LogP contribution in [-0.4, -0.2) is 38.1 Å². The van der Waals surface area contributed by atoms with Gasteiger partial charge in [-0.3, -0.25) is 4.79 Å². The molecule has 0 atom stereocenters. The molecule has 0 saturated carbocycles. The lowest BCUT2D eigenvalue weighted by Crippen LogP contribution is -2.27. The van der Waals surface area contributed by atoms with E-state index in [4.69, 9.17) is 14.2 Å². The number of hydrogen-bond donors (Lipinski definition) is 0. The zero-order valence-electron chi connectivity index (χ0n) is 17.3. The van der Waals surface area contributed by atoms with Gasteiger partial charge in [-0.05, 0) is 56.7 Å². The molecular formula is C23H25NO5. The summed E-state index contributed by atoms with van der Waals surface area (Å²) >= 11 is 0. The SMILES string of the molecule is CN(C)c1ccc(/C=C2\Oc3cc(OCC(=O)OC(C)(C)C)ccc3C2=O)cc1. The summed E-state index contributed by atoms with van der Waals surface area (Å²) in [5.41, 5.74) is 1.83. The molecule has 0 fully saturated rings. The number of carbonyl (C=O) groups is 2. The van der Waals surface area contributed by atoms with Crippen molar-refractivity contribution in [2.75, 3.05) is 25.6 Å². The zero-order chi connectivity index (χ0) is 21.2. The lowest BCUT2D eigenvalue weighted by atomic mass is 10.1. The Morgan fingerprint density at radius 1 is 1.10 bits per heavy atom. The van der Waals surface area contributed by atoms with Crippen molar-refractivity contribution >= 4 is 23.5 Å². The minimum Gasteiger partial charge on any atom is -0.482 e. The Labute approximate surface area is 170 Å². The van der Waals surface area contributed by atoms with Crippen LogP contribution in [0.3, 0.4) is 0 Å². The maximum atomic E-state index is 12.6. The maximum absolute atomic E-state index is 12.6. The van der Waals surface area contributed by atoms with Gasteiger partial charge in [0, 0.05) is 25.8 Å². The van der Waals surface area contributed by atoms with Gasteiger partial charge in [0.25, 0.3) is 0 Å². The molecule has 0 saturated heterocycles. The summed E-state index contributed by atoms with van der Waals surface area (Å²) in [6.07, 6.45) is 1.71. The number of esters is 1. The summed E-state index contributed by atoms with van der Waals surface area (Å²) in [6, 6.07) is 12.7. The molecule has 0 bridgehead atoms. The number of rotatable bonds is 5. The molecule has 6 nitrogen and oxygen atoms in total. The predicted octanol–water partition coefficient (Wildman–Crippen LogP) is 4.09. The Morgan fingerprint density at radius 3 is 2.41 bits per heavy atom. The van der Waals surface area contributed by atoms with Gasteiger partial charge in [0.1, 0.15) is 17.1 Å². The fourth-order valence-electron chi connectivity index (χ4n) is 2.79. The number of nitrogens with zero attached hydrogens (tertiary/aromatic N) is 1. The largest absolute Gasteiger partial charge is 0.482 e. The van der Waals surface area contributed by atoms with Crippen molar-refractivity contribution in [2.45, 2.75) is 26.4 Å². The average Bonchev–Trinajstić information content (AvgIpc) is 2.94. The van der Waals surface area contributed by atoms with Crippen molar-refractivity contribution in [1.82, 2.24) is 0 Å². The molecule has 1 aliphatic heterocycles. The van der Waals surface area contributed by atoms with E-state index in [0.29, 0.717) is 17.1 Å². The van der Waals surface area contributed by atoms with Gasteiger partial charge in [-0.2, -0.15) is 0 Å². The summed E-state index contributed by atoms with van der Waals surface area (Å²) in [7, 11) is 3.94. The average molecular weight is 395 g/mol. The van der Waals surface area contributed by atoms with Crippen LogP contribution < -0.4 is 14.4 Å². The number of carbonyl (C=O) groups excluding carboxylic acids is 2. The van der Waals surface area contributed by atoms with Crippen LogP contribution in [0.15, 0.2) is 48.2 Å². The third-order valence-corrected chi connectivity index (χ3v) is 4.13. The quantitative estimate of drug-likeness (QED) is 0.561. The number of fused-ring (bicyclic) bond motifs is 1. The fourth-order valence-corrected chi connectivity index (χ4v) is 2.79. The van der Waals surface area contributed by atoms with Crippen LogP contribution in [0.1, 0.15) is 36.7 Å². The lowest BCUT2D eigenvalue weighted by Gasteiger charge is -2.19. The van der Waals surface area contributed by atoms with E-state index in [1.54, 1.807) is 45.0 Å². The molecule has 0 unspecified atom stereocenters. The standard InChI is InChI=1S/C23H25NO5/c1-23(2,3)29-21(25)14-27-17-10-11-18-19(13-17)28-20(22(18)26)12-15-6-8-16(9-7-15)24(4)5/h6-13H,14H2,1-5H3/b20-12-. The summed E-state index contributed by atoms with van der Waals surface area (Å²) in [5, 5.41) is 0. The molecule has 1 aliphatic rings. The fraction of sp³-hybridized carbons (Fsp3) is 0.304. The maximum Gasteiger partial charge on any atom is 0.344 e. The molecule has 0 spiro atoms. The lowest BCUT2D eigenvalue weighted by molar-refractivity contribution is -0.157. The molecular weight excluding hydrogens is 370 g/mol. The topological polar surface area (TPSA) is 65.1 Å². The molecule has 0 amide bonds. The van der Waals surface area contributed by atoms with Crippen LogP contribution in [0.4, 0.5) is 5.69 Å². The molecule has 6 heteroatoms. The number of ketones is 1. The van der Waals surface area contributed by atoms with E-state index in [1.165, 1.54) is 0 Å². The highest BCUT2D eigenvalue weighted by molar-refractivity contribution is 6.14. The van der Waals surface area contributed by atoms with Crippen LogP contribution in [0, 0.1) is 0 Å². The molecule has 1 heterocycles. The van der Waals surface area contributed by atoms with E-state index in [1.807, 2.05) is 43.3 Å². The van der Waals surface area contributed by atoms with Crippen molar-refractivity contribution in [3.63, 3.8) is 0 Å². The van der Waals surface area contributed by atoms with Crippen LogP contribution >= 0.6 is 0 Å². The van der Waals surface area contributed by atoms with Gasteiger partial charge in [-0.25, -0.2) is 4.79 Å². The first-order valence-corrected chi connectivity index (χ1v) is 9.33. The molecule has 152 valence electrons. The van der Waals surface area contributed by atoms with E-state index < -0.39 is 11.6 Å². The smallest absolute Gasteiger partial charge is 0.344 e. The number of allylic oxidation sites excluding steroid dienone is 1.